The predicted molar refractivity (Wildman–Crippen MR) is 131 cm³/mol. The maximum Gasteiger partial charge on any atom is 0.307 e. The minimum Gasteiger partial charge on any atom is -0.493 e. The maximum atomic E-state index is 10.9. The highest BCUT2D eigenvalue weighted by Crippen LogP contribution is 2.37. The fourth-order valence-electron chi connectivity index (χ4n) is 4.08. The second kappa shape index (κ2) is 10.1. The van der Waals surface area contributed by atoms with Crippen molar-refractivity contribution in [3.05, 3.63) is 71.3 Å². The van der Waals surface area contributed by atoms with Gasteiger partial charge >= 0.3 is 5.97 Å². The Morgan fingerprint density at radius 3 is 2.72 bits per heavy atom. The molecule has 4 rings (SSSR count). The average Bonchev–Trinajstić information content (AvgIpc) is 3.14. The molecule has 1 aromatic heterocycles. The van der Waals surface area contributed by atoms with Crippen LogP contribution in [0.1, 0.15) is 36.5 Å². The number of carbonyl (C=O) groups is 1. The minimum atomic E-state index is -0.800. The van der Waals surface area contributed by atoms with Crippen LogP contribution in [-0.2, 0) is 17.6 Å². The fourth-order valence-corrected chi connectivity index (χ4v) is 5.02. The molecule has 0 bridgehead atoms. The monoisotopic (exact) mass is 448 g/mol. The Morgan fingerprint density at radius 1 is 1.09 bits per heavy atom. The van der Waals surface area contributed by atoms with Crippen molar-refractivity contribution >= 4 is 39.7 Å². The molecule has 0 atom stereocenters. The quantitative estimate of drug-likeness (QED) is 0.208. The predicted octanol–water partition coefficient (Wildman–Crippen LogP) is 7.04. The fraction of sp³-hybridized carbons (Fsp3) is 0.296. The summed E-state index contributed by atoms with van der Waals surface area (Å²) in [7, 11) is 0. The number of thioether (sulfide) groups is 1. The first-order valence-corrected chi connectivity index (χ1v) is 12.1. The number of ether oxygens (including phenoxy) is 1. The zero-order chi connectivity index (χ0) is 22.5. The van der Waals surface area contributed by atoms with Gasteiger partial charge in [-0.1, -0.05) is 43.7 Å². The van der Waals surface area contributed by atoms with Gasteiger partial charge in [0.2, 0.25) is 0 Å². The lowest BCUT2D eigenvalue weighted by atomic mass is 10.0. The van der Waals surface area contributed by atoms with Crippen LogP contribution in [0.5, 0.6) is 5.75 Å². The van der Waals surface area contributed by atoms with Crippen molar-refractivity contribution in [2.75, 3.05) is 12.4 Å². The molecule has 0 fully saturated rings. The van der Waals surface area contributed by atoms with E-state index in [0.717, 1.165) is 58.4 Å². The molecule has 0 radical (unpaired) electrons. The van der Waals surface area contributed by atoms with Crippen molar-refractivity contribution in [3.8, 4) is 5.75 Å². The molecule has 0 aliphatic rings. The molecule has 1 N–H and O–H groups in total. The van der Waals surface area contributed by atoms with E-state index >= 15 is 0 Å². The average molecular weight is 449 g/mol. The molecule has 0 saturated carbocycles. The van der Waals surface area contributed by atoms with Crippen molar-refractivity contribution in [3.63, 3.8) is 0 Å². The number of rotatable bonds is 10. The largest absolute Gasteiger partial charge is 0.493 e. The standard InChI is InChI=1S/C27H28O4S/c1-3-7-20-22(11-12-24-27(20)21-8-4-5-9-23(21)31-24)30-14-6-15-32-25-13-10-19(16-18(25)2)17-26(28)29/h4-5,8-13,16H,3,6-7,14-15,17H2,1-2H3,(H,28,29). The second-order valence-electron chi connectivity index (χ2n) is 7.98. The van der Waals surface area contributed by atoms with Gasteiger partial charge in [0, 0.05) is 27.0 Å². The Hall–Kier alpha value is -2.92. The third kappa shape index (κ3) is 4.94. The minimum absolute atomic E-state index is 0.0655. The number of fused-ring (bicyclic) bond motifs is 3. The summed E-state index contributed by atoms with van der Waals surface area (Å²) in [6.45, 7) is 4.87. The van der Waals surface area contributed by atoms with Gasteiger partial charge in [0.1, 0.15) is 16.9 Å². The van der Waals surface area contributed by atoms with Gasteiger partial charge in [-0.3, -0.25) is 4.79 Å². The summed E-state index contributed by atoms with van der Waals surface area (Å²) in [4.78, 5) is 12.1. The van der Waals surface area contributed by atoms with E-state index in [4.69, 9.17) is 14.3 Å². The molecular weight excluding hydrogens is 420 g/mol. The molecule has 4 aromatic rings. The van der Waals surface area contributed by atoms with Crippen LogP contribution in [0.25, 0.3) is 21.9 Å². The van der Waals surface area contributed by atoms with Crippen LogP contribution in [0.2, 0.25) is 0 Å². The molecule has 32 heavy (non-hydrogen) atoms. The van der Waals surface area contributed by atoms with Crippen LogP contribution in [0.3, 0.4) is 0 Å². The highest BCUT2D eigenvalue weighted by atomic mass is 32.2. The Labute approximate surface area is 192 Å². The summed E-state index contributed by atoms with van der Waals surface area (Å²) in [5, 5.41) is 11.3. The first-order chi connectivity index (χ1) is 15.6. The molecule has 0 spiro atoms. The summed E-state index contributed by atoms with van der Waals surface area (Å²) in [6, 6.07) is 18.1. The Bertz CT molecular complexity index is 1240. The lowest BCUT2D eigenvalue weighted by Crippen LogP contribution is -2.02. The number of furan rings is 1. The van der Waals surface area contributed by atoms with Crippen molar-refractivity contribution in [1.82, 2.24) is 0 Å². The maximum absolute atomic E-state index is 10.9. The summed E-state index contributed by atoms with van der Waals surface area (Å²) in [5.41, 5.74) is 5.02. The first kappa shape index (κ1) is 22.3. The number of benzene rings is 3. The Morgan fingerprint density at radius 2 is 1.94 bits per heavy atom. The number of carboxylic acid groups (broad SMARTS) is 1. The van der Waals surface area contributed by atoms with Gasteiger partial charge in [-0.2, -0.15) is 0 Å². The van der Waals surface area contributed by atoms with Crippen molar-refractivity contribution in [1.29, 1.82) is 0 Å². The van der Waals surface area contributed by atoms with Crippen LogP contribution in [0, 0.1) is 6.92 Å². The Balaban J connectivity index is 1.40. The zero-order valence-corrected chi connectivity index (χ0v) is 19.3. The summed E-state index contributed by atoms with van der Waals surface area (Å²) >= 11 is 1.79. The zero-order valence-electron chi connectivity index (χ0n) is 18.5. The van der Waals surface area contributed by atoms with E-state index in [9.17, 15) is 4.79 Å². The summed E-state index contributed by atoms with van der Waals surface area (Å²) in [5.74, 6) is 1.09. The third-order valence-corrected chi connectivity index (χ3v) is 6.77. The number of hydrogen-bond donors (Lipinski definition) is 1. The molecule has 166 valence electrons. The highest BCUT2D eigenvalue weighted by molar-refractivity contribution is 7.99. The number of hydrogen-bond acceptors (Lipinski definition) is 4. The van der Waals surface area contributed by atoms with Gasteiger partial charge in [0.15, 0.2) is 0 Å². The van der Waals surface area contributed by atoms with Crippen LogP contribution >= 0.6 is 11.8 Å². The topological polar surface area (TPSA) is 59.7 Å². The number of para-hydroxylation sites is 1. The molecule has 4 nitrogen and oxygen atoms in total. The van der Waals surface area contributed by atoms with E-state index < -0.39 is 5.97 Å². The van der Waals surface area contributed by atoms with Crippen molar-refractivity contribution in [2.45, 2.75) is 44.4 Å². The van der Waals surface area contributed by atoms with E-state index in [1.54, 1.807) is 11.8 Å². The molecule has 0 unspecified atom stereocenters. The molecule has 0 aliphatic carbocycles. The van der Waals surface area contributed by atoms with Gasteiger partial charge in [-0.15, -0.1) is 11.8 Å². The third-order valence-electron chi connectivity index (χ3n) is 5.51. The number of aliphatic carboxylic acids is 1. The van der Waals surface area contributed by atoms with Crippen LogP contribution in [0.4, 0.5) is 0 Å². The molecule has 0 aliphatic heterocycles. The molecule has 0 amide bonds. The summed E-state index contributed by atoms with van der Waals surface area (Å²) < 4.78 is 12.3. The SMILES string of the molecule is CCCc1c(OCCCSc2ccc(CC(=O)O)cc2C)ccc2oc3ccccc3c12. The van der Waals surface area contributed by atoms with Crippen LogP contribution in [0.15, 0.2) is 63.9 Å². The van der Waals surface area contributed by atoms with Crippen LogP contribution in [-0.4, -0.2) is 23.4 Å². The van der Waals surface area contributed by atoms with Gasteiger partial charge in [-0.25, -0.2) is 0 Å². The van der Waals surface area contributed by atoms with E-state index in [1.165, 1.54) is 15.8 Å². The molecule has 3 aromatic carbocycles. The lowest BCUT2D eigenvalue weighted by molar-refractivity contribution is -0.136. The van der Waals surface area contributed by atoms with Gasteiger partial charge in [0.05, 0.1) is 13.0 Å². The number of carboxylic acids is 1. The van der Waals surface area contributed by atoms with E-state index in [-0.39, 0.29) is 6.42 Å². The molecule has 5 heteroatoms. The van der Waals surface area contributed by atoms with Crippen LogP contribution < -0.4 is 4.74 Å². The molecule has 1 heterocycles. The van der Waals surface area contributed by atoms with E-state index in [0.29, 0.717) is 6.61 Å². The second-order valence-corrected chi connectivity index (χ2v) is 9.12. The smallest absolute Gasteiger partial charge is 0.307 e. The number of aryl methyl sites for hydroxylation is 2. The normalized spacial score (nSPS) is 11.3. The molecular formula is C27H28O4S. The van der Waals surface area contributed by atoms with Gasteiger partial charge in [-0.05, 0) is 55.2 Å². The van der Waals surface area contributed by atoms with Gasteiger partial charge < -0.3 is 14.3 Å². The van der Waals surface area contributed by atoms with Crippen molar-refractivity contribution in [2.24, 2.45) is 0 Å². The molecule has 0 saturated heterocycles. The van der Waals surface area contributed by atoms with Crippen molar-refractivity contribution < 1.29 is 19.1 Å². The van der Waals surface area contributed by atoms with E-state index in [1.807, 2.05) is 55.5 Å². The lowest BCUT2D eigenvalue weighted by Gasteiger charge is -2.13. The summed E-state index contributed by atoms with van der Waals surface area (Å²) in [6.07, 6.45) is 2.99. The highest BCUT2D eigenvalue weighted by Gasteiger charge is 2.15. The van der Waals surface area contributed by atoms with E-state index in [2.05, 4.69) is 13.0 Å². The first-order valence-electron chi connectivity index (χ1n) is 11.1. The Kier molecular flexibility index (Phi) is 7.05. The van der Waals surface area contributed by atoms with Gasteiger partial charge in [0.25, 0.3) is 0 Å².